The van der Waals surface area contributed by atoms with E-state index in [1.807, 2.05) is 0 Å². The summed E-state index contributed by atoms with van der Waals surface area (Å²) in [4.78, 5) is 26.1. The van der Waals surface area contributed by atoms with Gasteiger partial charge in [0.15, 0.2) is 0 Å². The van der Waals surface area contributed by atoms with Crippen molar-refractivity contribution in [2.45, 2.75) is 24.4 Å². The second-order valence-electron chi connectivity index (χ2n) is 5.45. The Balaban J connectivity index is 1.75. The highest BCUT2D eigenvalue weighted by atomic mass is 16.6. The number of aliphatic hydroxyl groups is 2. The number of carbonyl (C=O) groups excluding carboxylic acids is 2. The van der Waals surface area contributed by atoms with E-state index in [1.165, 1.54) is 0 Å². The van der Waals surface area contributed by atoms with E-state index in [4.69, 9.17) is 4.74 Å². The van der Waals surface area contributed by atoms with Crippen LogP contribution in [0.4, 0.5) is 5.69 Å². The maximum absolute atomic E-state index is 12.5. The van der Waals surface area contributed by atoms with Crippen molar-refractivity contribution in [3.63, 3.8) is 0 Å². The number of nitrogens with zero attached hydrogens (tertiary/aromatic N) is 1. The highest BCUT2D eigenvalue weighted by Crippen LogP contribution is 2.49. The van der Waals surface area contributed by atoms with Crippen LogP contribution in [-0.4, -0.2) is 46.4 Å². The Morgan fingerprint density at radius 3 is 1.90 bits per heavy atom. The van der Waals surface area contributed by atoms with Gasteiger partial charge in [-0.25, -0.2) is 4.90 Å². The lowest BCUT2D eigenvalue weighted by Gasteiger charge is -2.25. The van der Waals surface area contributed by atoms with Crippen molar-refractivity contribution in [2.24, 2.45) is 11.8 Å². The number of hydrogen-bond donors (Lipinski definition) is 2. The van der Waals surface area contributed by atoms with E-state index in [9.17, 15) is 19.8 Å². The van der Waals surface area contributed by atoms with Crippen LogP contribution in [0.3, 0.4) is 0 Å². The fourth-order valence-corrected chi connectivity index (χ4v) is 3.56. The number of imide groups is 1. The van der Waals surface area contributed by atoms with Gasteiger partial charge < -0.3 is 14.9 Å². The molecule has 3 fully saturated rings. The third kappa shape index (κ3) is 1.28. The highest BCUT2D eigenvalue weighted by molar-refractivity contribution is 6.22. The van der Waals surface area contributed by atoms with Gasteiger partial charge in [-0.1, -0.05) is 18.2 Å². The molecule has 6 atom stereocenters. The van der Waals surface area contributed by atoms with Gasteiger partial charge in [-0.15, -0.1) is 0 Å². The van der Waals surface area contributed by atoms with Crippen molar-refractivity contribution < 1.29 is 24.5 Å². The van der Waals surface area contributed by atoms with Gasteiger partial charge in [0, 0.05) is 0 Å². The van der Waals surface area contributed by atoms with E-state index in [0.717, 1.165) is 4.90 Å². The number of fused-ring (bicyclic) bond motifs is 5. The molecule has 1 aromatic carbocycles. The van der Waals surface area contributed by atoms with E-state index in [0.29, 0.717) is 5.69 Å². The van der Waals surface area contributed by atoms with E-state index >= 15 is 0 Å². The first-order valence-electron chi connectivity index (χ1n) is 6.55. The molecule has 0 saturated carbocycles. The zero-order valence-electron chi connectivity index (χ0n) is 10.4. The summed E-state index contributed by atoms with van der Waals surface area (Å²) in [5.74, 6) is -2.09. The monoisotopic (exact) mass is 275 g/mol. The molecule has 1 unspecified atom stereocenters. The van der Waals surface area contributed by atoms with Crippen molar-refractivity contribution in [3.05, 3.63) is 30.3 Å². The maximum atomic E-state index is 12.5. The quantitative estimate of drug-likeness (QED) is 0.661. The van der Waals surface area contributed by atoms with Crippen molar-refractivity contribution in [1.29, 1.82) is 0 Å². The predicted molar refractivity (Wildman–Crippen MR) is 66.6 cm³/mol. The molecule has 0 aromatic heterocycles. The van der Waals surface area contributed by atoms with E-state index in [1.54, 1.807) is 30.3 Å². The minimum atomic E-state index is -1.10. The van der Waals surface area contributed by atoms with Crippen LogP contribution in [0.1, 0.15) is 0 Å². The number of carbonyl (C=O) groups is 2. The van der Waals surface area contributed by atoms with Crippen LogP contribution in [0.5, 0.6) is 0 Å². The molecule has 20 heavy (non-hydrogen) atoms. The van der Waals surface area contributed by atoms with Crippen LogP contribution in [0.2, 0.25) is 0 Å². The molecule has 3 aliphatic rings. The first-order chi connectivity index (χ1) is 9.61. The largest absolute Gasteiger partial charge is 0.388 e. The van der Waals surface area contributed by atoms with Crippen molar-refractivity contribution in [3.8, 4) is 0 Å². The summed E-state index contributed by atoms with van der Waals surface area (Å²) in [6, 6.07) is 8.67. The first-order valence-corrected chi connectivity index (χ1v) is 6.55. The van der Waals surface area contributed by atoms with Crippen LogP contribution >= 0.6 is 0 Å². The van der Waals surface area contributed by atoms with Gasteiger partial charge in [0.25, 0.3) is 0 Å². The average Bonchev–Trinajstić information content (AvgIpc) is 3.05. The first kappa shape index (κ1) is 12.0. The van der Waals surface area contributed by atoms with Gasteiger partial charge in [-0.2, -0.15) is 0 Å². The van der Waals surface area contributed by atoms with Crippen LogP contribution in [-0.2, 0) is 14.3 Å². The van der Waals surface area contributed by atoms with Crippen molar-refractivity contribution >= 4 is 17.5 Å². The summed E-state index contributed by atoms with van der Waals surface area (Å²) in [5.41, 5.74) is 0.514. The molecule has 3 heterocycles. The Morgan fingerprint density at radius 1 is 0.900 bits per heavy atom. The summed E-state index contributed by atoms with van der Waals surface area (Å²) in [5, 5.41) is 19.7. The number of para-hydroxylation sites is 1. The molecule has 2 amide bonds. The summed E-state index contributed by atoms with van der Waals surface area (Å²) in [6.07, 6.45) is -3.78. The Bertz CT molecular complexity index is 556. The number of amides is 2. The molecule has 3 aliphatic heterocycles. The lowest BCUT2D eigenvalue weighted by Crippen LogP contribution is -2.47. The molecule has 0 aliphatic carbocycles. The van der Waals surface area contributed by atoms with Gasteiger partial charge in [0.1, 0.15) is 12.2 Å². The smallest absolute Gasteiger partial charge is 0.240 e. The fourth-order valence-electron chi connectivity index (χ4n) is 3.56. The van der Waals surface area contributed by atoms with Gasteiger partial charge in [0.2, 0.25) is 11.8 Å². The molecule has 1 aromatic rings. The number of ether oxygens (including phenoxy) is 1. The summed E-state index contributed by atoms with van der Waals surface area (Å²) < 4.78 is 5.42. The third-order valence-electron chi connectivity index (χ3n) is 4.46. The van der Waals surface area contributed by atoms with Crippen LogP contribution in [0.25, 0.3) is 0 Å². The molecule has 0 radical (unpaired) electrons. The molecule has 4 rings (SSSR count). The van der Waals surface area contributed by atoms with Crippen LogP contribution in [0, 0.1) is 11.8 Å². The second kappa shape index (κ2) is 3.88. The normalized spacial score (nSPS) is 42.4. The molecule has 0 spiro atoms. The van der Waals surface area contributed by atoms with E-state index in [2.05, 4.69) is 0 Å². The molecule has 6 nitrogen and oxygen atoms in total. The Morgan fingerprint density at radius 2 is 1.40 bits per heavy atom. The predicted octanol–water partition coefficient (Wildman–Crippen LogP) is -0.705. The second-order valence-corrected chi connectivity index (χ2v) is 5.45. The zero-order valence-corrected chi connectivity index (χ0v) is 10.4. The summed E-state index contributed by atoms with van der Waals surface area (Å²) in [7, 11) is 0. The molecular formula is C14H13NO5. The van der Waals surface area contributed by atoms with Crippen LogP contribution in [0.15, 0.2) is 30.3 Å². The number of benzene rings is 1. The molecule has 6 heteroatoms. The number of aliphatic hydroxyl groups excluding tert-OH is 2. The highest BCUT2D eigenvalue weighted by Gasteiger charge is 2.68. The standard InChI is InChI=1S/C14H13NO5/c16-9-10(17)12-8-7(11(9)20-12)13(18)15(14(8)19)6-4-2-1-3-5-6/h1-5,7-12,16-17H/t7-,8+,9-,10?,11+,12-/m1/s1. The Labute approximate surface area is 114 Å². The Kier molecular flexibility index (Phi) is 2.33. The lowest BCUT2D eigenvalue weighted by atomic mass is 9.78. The minimum absolute atomic E-state index is 0.357. The summed E-state index contributed by atoms with van der Waals surface area (Å²) in [6.45, 7) is 0. The number of anilines is 1. The Hall–Kier alpha value is -1.76. The maximum Gasteiger partial charge on any atom is 0.240 e. The van der Waals surface area contributed by atoms with Crippen molar-refractivity contribution in [1.82, 2.24) is 0 Å². The van der Waals surface area contributed by atoms with Gasteiger partial charge in [0.05, 0.1) is 29.7 Å². The third-order valence-corrected chi connectivity index (χ3v) is 4.46. The van der Waals surface area contributed by atoms with Gasteiger partial charge >= 0.3 is 0 Å². The molecule has 2 bridgehead atoms. The average molecular weight is 275 g/mol. The fraction of sp³-hybridized carbons (Fsp3) is 0.429. The van der Waals surface area contributed by atoms with Gasteiger partial charge in [-0.05, 0) is 12.1 Å². The van der Waals surface area contributed by atoms with Gasteiger partial charge in [-0.3, -0.25) is 9.59 Å². The topological polar surface area (TPSA) is 87.1 Å². The lowest BCUT2D eigenvalue weighted by molar-refractivity contribution is -0.125. The molecular weight excluding hydrogens is 262 g/mol. The molecule has 104 valence electrons. The SMILES string of the molecule is O=C1[C@H]2[C@@H]3O[C@@H](C(O)[C@H]3O)[C@H]2C(=O)N1c1ccccc1. The van der Waals surface area contributed by atoms with Crippen molar-refractivity contribution in [2.75, 3.05) is 4.90 Å². The number of rotatable bonds is 1. The number of hydrogen-bond acceptors (Lipinski definition) is 5. The molecule has 2 N–H and O–H groups in total. The summed E-state index contributed by atoms with van der Waals surface area (Å²) >= 11 is 0. The van der Waals surface area contributed by atoms with Crippen LogP contribution < -0.4 is 4.90 Å². The van der Waals surface area contributed by atoms with E-state index < -0.39 is 36.3 Å². The molecule has 3 saturated heterocycles. The minimum Gasteiger partial charge on any atom is -0.388 e. The van der Waals surface area contributed by atoms with E-state index in [-0.39, 0.29) is 11.8 Å². The zero-order chi connectivity index (χ0) is 14.0.